The number of aromatic nitrogens is 1. The van der Waals surface area contributed by atoms with Gasteiger partial charge >= 0.3 is 0 Å². The van der Waals surface area contributed by atoms with Gasteiger partial charge < -0.3 is 20.0 Å². The lowest BCUT2D eigenvalue weighted by Gasteiger charge is -2.35. The molecule has 0 saturated carbocycles. The molecule has 0 spiro atoms. The van der Waals surface area contributed by atoms with Crippen LogP contribution in [0.3, 0.4) is 0 Å². The first-order valence-electron chi connectivity index (χ1n) is 15.2. The van der Waals surface area contributed by atoms with Crippen molar-refractivity contribution in [2.75, 3.05) is 62.6 Å². The lowest BCUT2D eigenvalue weighted by atomic mass is 10.1. The average Bonchev–Trinajstić information content (AvgIpc) is 3.04. The van der Waals surface area contributed by atoms with Crippen LogP contribution >= 0.6 is 0 Å². The smallest absolute Gasteiger partial charge is 0.0730 e. The van der Waals surface area contributed by atoms with Gasteiger partial charge in [-0.15, -0.1) is 0 Å². The van der Waals surface area contributed by atoms with Crippen LogP contribution in [-0.2, 0) is 0 Å². The average molecular weight is 544 g/mol. The highest BCUT2D eigenvalue weighted by atomic mass is 15.3. The summed E-state index contributed by atoms with van der Waals surface area (Å²) in [6, 6.07) is 38.4. The summed E-state index contributed by atoms with van der Waals surface area (Å²) in [4.78, 5) is 12.6. The van der Waals surface area contributed by atoms with Crippen molar-refractivity contribution in [3.8, 4) is 0 Å². The fourth-order valence-electron chi connectivity index (χ4n) is 6.02. The number of benzene rings is 4. The van der Waals surface area contributed by atoms with Gasteiger partial charge in [-0.2, -0.15) is 0 Å². The number of nitrogens with one attached hydrogen (secondary N) is 1. The molecule has 1 aliphatic rings. The van der Waals surface area contributed by atoms with Crippen LogP contribution in [0.25, 0.3) is 21.8 Å². The molecule has 210 valence electrons. The fraction of sp³-hybridized carbons (Fsp3) is 0.306. The van der Waals surface area contributed by atoms with Gasteiger partial charge in [-0.05, 0) is 68.8 Å². The van der Waals surface area contributed by atoms with Crippen molar-refractivity contribution < 1.29 is 0 Å². The van der Waals surface area contributed by atoms with E-state index in [2.05, 4.69) is 129 Å². The second-order valence-corrected chi connectivity index (χ2v) is 11.0. The van der Waals surface area contributed by atoms with E-state index in [1.807, 2.05) is 0 Å². The summed E-state index contributed by atoms with van der Waals surface area (Å²) in [5.41, 5.74) is 5.86. The number of para-hydroxylation sites is 4. The first kappa shape index (κ1) is 27.3. The minimum absolute atomic E-state index is 0.983. The highest BCUT2D eigenvalue weighted by Gasteiger charge is 2.17. The van der Waals surface area contributed by atoms with Gasteiger partial charge in [0.15, 0.2) is 0 Å². The van der Waals surface area contributed by atoms with Crippen molar-refractivity contribution in [2.45, 2.75) is 19.3 Å². The second kappa shape index (κ2) is 13.6. The molecular formula is C36H41N5. The normalized spacial score (nSPS) is 14.4. The van der Waals surface area contributed by atoms with Gasteiger partial charge in [-0.3, -0.25) is 0 Å². The Morgan fingerprint density at radius 3 is 1.61 bits per heavy atom. The van der Waals surface area contributed by atoms with Gasteiger partial charge in [0, 0.05) is 61.4 Å². The number of pyridine rings is 1. The van der Waals surface area contributed by atoms with Crippen molar-refractivity contribution in [3.63, 3.8) is 0 Å². The molecule has 4 aromatic carbocycles. The summed E-state index contributed by atoms with van der Waals surface area (Å²) < 4.78 is 0. The maximum atomic E-state index is 4.85. The van der Waals surface area contributed by atoms with E-state index in [0.717, 1.165) is 37.1 Å². The molecule has 0 aliphatic carbocycles. The van der Waals surface area contributed by atoms with Crippen molar-refractivity contribution in [3.05, 3.63) is 109 Å². The van der Waals surface area contributed by atoms with Gasteiger partial charge in [0.25, 0.3) is 0 Å². The van der Waals surface area contributed by atoms with Gasteiger partial charge in [-0.25, -0.2) is 4.98 Å². The number of fused-ring (bicyclic) bond motifs is 2. The van der Waals surface area contributed by atoms with Gasteiger partial charge in [-0.1, -0.05) is 72.8 Å². The molecule has 1 aliphatic heterocycles. The number of nitrogens with zero attached hydrogens (tertiary/aromatic N) is 4. The molecule has 5 nitrogen and oxygen atoms in total. The molecule has 0 atom stereocenters. The van der Waals surface area contributed by atoms with E-state index in [-0.39, 0.29) is 0 Å². The van der Waals surface area contributed by atoms with E-state index in [4.69, 9.17) is 4.98 Å². The zero-order chi connectivity index (χ0) is 27.7. The van der Waals surface area contributed by atoms with Crippen molar-refractivity contribution in [2.24, 2.45) is 0 Å². The molecule has 0 amide bonds. The SMILES string of the molecule is c1ccc(N(CCCN2CCN(CCCCNc3c4ccccc4nc4ccccc34)CC2)c2ccccc2)cc1. The van der Waals surface area contributed by atoms with Crippen molar-refractivity contribution in [1.29, 1.82) is 0 Å². The molecule has 0 bridgehead atoms. The van der Waals surface area contributed by atoms with Crippen LogP contribution < -0.4 is 10.2 Å². The Morgan fingerprint density at radius 1 is 0.561 bits per heavy atom. The van der Waals surface area contributed by atoms with E-state index < -0.39 is 0 Å². The Hall–Kier alpha value is -3.93. The Morgan fingerprint density at radius 2 is 1.05 bits per heavy atom. The zero-order valence-corrected chi connectivity index (χ0v) is 24.0. The fourth-order valence-corrected chi connectivity index (χ4v) is 6.02. The summed E-state index contributed by atoms with van der Waals surface area (Å²) in [6.45, 7) is 9.04. The topological polar surface area (TPSA) is 34.6 Å². The lowest BCUT2D eigenvalue weighted by molar-refractivity contribution is 0.130. The highest BCUT2D eigenvalue weighted by Crippen LogP contribution is 2.30. The Kier molecular flexibility index (Phi) is 9.05. The molecule has 0 unspecified atom stereocenters. The molecule has 0 radical (unpaired) electrons. The van der Waals surface area contributed by atoms with E-state index in [0.29, 0.717) is 0 Å². The molecule has 5 heteroatoms. The molecule has 1 saturated heterocycles. The Bertz CT molecular complexity index is 1420. The van der Waals surface area contributed by atoms with Crippen LogP contribution in [-0.4, -0.2) is 67.1 Å². The quantitative estimate of drug-likeness (QED) is 0.131. The highest BCUT2D eigenvalue weighted by molar-refractivity contribution is 6.07. The Balaban J connectivity index is 0.929. The standard InChI is InChI=1S/C36H41N5/c1-3-14-30(15-4-1)41(31-16-5-2-6-17-31)25-13-24-40-28-26-39(27-29-40)23-12-11-22-37-36-32-18-7-9-20-34(32)38-35-21-10-8-19-33(35)36/h1-10,14-21H,11-13,22-29H2,(H,37,38). The number of rotatable bonds is 12. The van der Waals surface area contributed by atoms with E-state index >= 15 is 0 Å². The summed E-state index contributed by atoms with van der Waals surface area (Å²) in [7, 11) is 0. The molecular weight excluding hydrogens is 502 g/mol. The number of piperazine rings is 1. The zero-order valence-electron chi connectivity index (χ0n) is 24.0. The van der Waals surface area contributed by atoms with Crippen LogP contribution in [0.15, 0.2) is 109 Å². The molecule has 1 fully saturated rings. The minimum atomic E-state index is 0.983. The molecule has 2 heterocycles. The third-order valence-electron chi connectivity index (χ3n) is 8.25. The first-order valence-corrected chi connectivity index (χ1v) is 15.2. The summed E-state index contributed by atoms with van der Waals surface area (Å²) in [5, 5.41) is 6.17. The minimum Gasteiger partial charge on any atom is -0.384 e. The third kappa shape index (κ3) is 6.87. The van der Waals surface area contributed by atoms with E-state index in [1.165, 1.54) is 73.4 Å². The summed E-state index contributed by atoms with van der Waals surface area (Å²) in [5.74, 6) is 0. The number of unbranched alkanes of at least 4 members (excludes halogenated alkanes) is 1. The molecule has 6 rings (SSSR count). The first-order chi connectivity index (χ1) is 20.3. The third-order valence-corrected chi connectivity index (χ3v) is 8.25. The maximum absolute atomic E-state index is 4.85. The predicted octanol–water partition coefficient (Wildman–Crippen LogP) is 7.43. The van der Waals surface area contributed by atoms with Crippen LogP contribution in [0.5, 0.6) is 0 Å². The molecule has 41 heavy (non-hydrogen) atoms. The second-order valence-electron chi connectivity index (χ2n) is 11.0. The molecule has 5 aromatic rings. The number of hydrogen-bond acceptors (Lipinski definition) is 5. The summed E-state index contributed by atoms with van der Waals surface area (Å²) >= 11 is 0. The van der Waals surface area contributed by atoms with Crippen LogP contribution in [0.4, 0.5) is 17.1 Å². The predicted molar refractivity (Wildman–Crippen MR) is 174 cm³/mol. The van der Waals surface area contributed by atoms with Crippen LogP contribution in [0, 0.1) is 0 Å². The molecule has 1 N–H and O–H groups in total. The number of anilines is 3. The monoisotopic (exact) mass is 543 g/mol. The number of hydrogen-bond donors (Lipinski definition) is 1. The van der Waals surface area contributed by atoms with Crippen LogP contribution in [0.2, 0.25) is 0 Å². The van der Waals surface area contributed by atoms with Crippen molar-refractivity contribution >= 4 is 38.9 Å². The van der Waals surface area contributed by atoms with Crippen LogP contribution in [0.1, 0.15) is 19.3 Å². The van der Waals surface area contributed by atoms with Crippen molar-refractivity contribution in [1.82, 2.24) is 14.8 Å². The van der Waals surface area contributed by atoms with E-state index in [1.54, 1.807) is 0 Å². The summed E-state index contributed by atoms with van der Waals surface area (Å²) in [6.07, 6.45) is 3.55. The maximum Gasteiger partial charge on any atom is 0.0730 e. The molecule has 1 aromatic heterocycles. The van der Waals surface area contributed by atoms with Gasteiger partial charge in [0.05, 0.1) is 16.7 Å². The largest absolute Gasteiger partial charge is 0.384 e. The Labute approximate surface area is 244 Å². The van der Waals surface area contributed by atoms with E-state index in [9.17, 15) is 0 Å². The van der Waals surface area contributed by atoms with Gasteiger partial charge in [0.1, 0.15) is 0 Å². The lowest BCUT2D eigenvalue weighted by Crippen LogP contribution is -2.47. The van der Waals surface area contributed by atoms with Gasteiger partial charge in [0.2, 0.25) is 0 Å².